The molecule has 158 valence electrons. The van der Waals surface area contributed by atoms with E-state index in [1.807, 2.05) is 18.2 Å². The molecule has 0 radical (unpaired) electrons. The smallest absolute Gasteiger partial charge is 0.191 e. The summed E-state index contributed by atoms with van der Waals surface area (Å²) >= 11 is 0. The van der Waals surface area contributed by atoms with Gasteiger partial charge in [0.05, 0.1) is 18.1 Å². The molecular formula is C21H30N4O3S. The zero-order chi connectivity index (χ0) is 20.5. The summed E-state index contributed by atoms with van der Waals surface area (Å²) in [4.78, 5) is 6.39. The molecule has 0 saturated carbocycles. The van der Waals surface area contributed by atoms with Crippen LogP contribution in [0.5, 0.6) is 5.75 Å². The minimum Gasteiger partial charge on any atom is -0.494 e. The molecule has 1 aliphatic heterocycles. The van der Waals surface area contributed by atoms with Crippen molar-refractivity contribution in [2.24, 2.45) is 4.99 Å². The fourth-order valence-electron chi connectivity index (χ4n) is 3.25. The van der Waals surface area contributed by atoms with E-state index in [9.17, 15) is 8.42 Å². The number of benzene rings is 2. The van der Waals surface area contributed by atoms with Crippen LogP contribution in [0.1, 0.15) is 6.42 Å². The number of fused-ring (bicyclic) bond motifs is 1. The number of guanidine groups is 1. The van der Waals surface area contributed by atoms with Gasteiger partial charge in [0.15, 0.2) is 15.8 Å². The summed E-state index contributed by atoms with van der Waals surface area (Å²) in [5, 5.41) is 8.94. The zero-order valence-electron chi connectivity index (χ0n) is 16.9. The first-order chi connectivity index (χ1) is 14.1. The second-order valence-electron chi connectivity index (χ2n) is 7.13. The van der Waals surface area contributed by atoms with Crippen molar-refractivity contribution in [1.82, 2.24) is 15.5 Å². The number of rotatable bonds is 8. The van der Waals surface area contributed by atoms with Gasteiger partial charge in [0.2, 0.25) is 0 Å². The van der Waals surface area contributed by atoms with Crippen LogP contribution >= 0.6 is 0 Å². The molecule has 2 aromatic carbocycles. The van der Waals surface area contributed by atoms with Crippen LogP contribution in [-0.2, 0) is 9.84 Å². The number of aliphatic imine (C=N–C) groups is 1. The van der Waals surface area contributed by atoms with Gasteiger partial charge in [-0.15, -0.1) is 0 Å². The van der Waals surface area contributed by atoms with Gasteiger partial charge in [0.25, 0.3) is 0 Å². The van der Waals surface area contributed by atoms with Crippen LogP contribution in [0, 0.1) is 0 Å². The molecule has 29 heavy (non-hydrogen) atoms. The highest BCUT2D eigenvalue weighted by Gasteiger charge is 2.20. The van der Waals surface area contributed by atoms with Crippen molar-refractivity contribution < 1.29 is 13.2 Å². The Kier molecular flexibility index (Phi) is 7.71. The molecule has 0 amide bonds. The van der Waals surface area contributed by atoms with Crippen LogP contribution in [0.4, 0.5) is 0 Å². The first-order valence-corrected chi connectivity index (χ1v) is 11.9. The van der Waals surface area contributed by atoms with Crippen molar-refractivity contribution in [3.63, 3.8) is 0 Å². The van der Waals surface area contributed by atoms with Gasteiger partial charge in [-0.25, -0.2) is 8.42 Å². The van der Waals surface area contributed by atoms with E-state index < -0.39 is 9.84 Å². The van der Waals surface area contributed by atoms with Gasteiger partial charge in [-0.3, -0.25) is 9.89 Å². The summed E-state index contributed by atoms with van der Waals surface area (Å²) in [5.41, 5.74) is 0. The van der Waals surface area contributed by atoms with E-state index in [-0.39, 0.29) is 11.5 Å². The molecule has 0 spiro atoms. The largest absolute Gasteiger partial charge is 0.494 e. The predicted molar refractivity (Wildman–Crippen MR) is 119 cm³/mol. The maximum atomic E-state index is 11.5. The fourth-order valence-corrected chi connectivity index (χ4v) is 4.53. The Morgan fingerprint density at radius 3 is 2.55 bits per heavy atom. The van der Waals surface area contributed by atoms with E-state index in [1.54, 1.807) is 7.05 Å². The van der Waals surface area contributed by atoms with Crippen LogP contribution < -0.4 is 15.4 Å². The molecule has 1 heterocycles. The molecule has 0 unspecified atom stereocenters. The average molecular weight is 419 g/mol. The van der Waals surface area contributed by atoms with Gasteiger partial charge < -0.3 is 15.4 Å². The zero-order valence-corrected chi connectivity index (χ0v) is 17.7. The van der Waals surface area contributed by atoms with E-state index in [4.69, 9.17) is 4.74 Å². The maximum Gasteiger partial charge on any atom is 0.191 e. The van der Waals surface area contributed by atoms with E-state index in [0.717, 1.165) is 37.8 Å². The van der Waals surface area contributed by atoms with Gasteiger partial charge in [0, 0.05) is 39.8 Å². The van der Waals surface area contributed by atoms with Gasteiger partial charge in [-0.1, -0.05) is 30.3 Å². The Bertz CT molecular complexity index is 916. The van der Waals surface area contributed by atoms with E-state index in [1.165, 1.54) is 10.8 Å². The summed E-state index contributed by atoms with van der Waals surface area (Å²) in [5.74, 6) is 2.16. The van der Waals surface area contributed by atoms with E-state index in [2.05, 4.69) is 44.8 Å². The third-order valence-corrected chi connectivity index (χ3v) is 6.59. The Hall–Kier alpha value is -2.32. The highest BCUT2D eigenvalue weighted by Crippen LogP contribution is 2.20. The van der Waals surface area contributed by atoms with Crippen molar-refractivity contribution >= 4 is 26.6 Å². The number of hydrogen-bond donors (Lipinski definition) is 2. The summed E-state index contributed by atoms with van der Waals surface area (Å²) < 4.78 is 28.8. The molecule has 2 aromatic rings. The van der Waals surface area contributed by atoms with Crippen molar-refractivity contribution in [1.29, 1.82) is 0 Å². The van der Waals surface area contributed by atoms with Gasteiger partial charge in [-0.2, -0.15) is 0 Å². The summed E-state index contributed by atoms with van der Waals surface area (Å²) in [6.45, 7) is 4.15. The summed E-state index contributed by atoms with van der Waals surface area (Å²) in [7, 11) is -1.08. The summed E-state index contributed by atoms with van der Waals surface area (Å²) in [6.07, 6.45) is 0.859. The number of sulfone groups is 1. The van der Waals surface area contributed by atoms with Crippen molar-refractivity contribution in [2.75, 3.05) is 57.9 Å². The number of nitrogens with zero attached hydrogens (tertiary/aromatic N) is 2. The van der Waals surface area contributed by atoms with Crippen LogP contribution in [-0.4, -0.2) is 77.2 Å². The Balaban J connectivity index is 1.29. The predicted octanol–water partition coefficient (Wildman–Crippen LogP) is 1.50. The molecule has 0 atom stereocenters. The molecule has 1 aliphatic rings. The Morgan fingerprint density at radius 1 is 1.07 bits per heavy atom. The lowest BCUT2D eigenvalue weighted by Crippen LogP contribution is -2.46. The molecular weight excluding hydrogens is 388 g/mol. The van der Waals surface area contributed by atoms with Crippen LogP contribution in [0.2, 0.25) is 0 Å². The molecule has 8 heteroatoms. The van der Waals surface area contributed by atoms with E-state index in [0.29, 0.717) is 19.7 Å². The topological polar surface area (TPSA) is 83.0 Å². The molecule has 3 rings (SSSR count). The van der Waals surface area contributed by atoms with E-state index >= 15 is 0 Å². The van der Waals surface area contributed by atoms with Crippen LogP contribution in [0.15, 0.2) is 47.5 Å². The lowest BCUT2D eigenvalue weighted by molar-refractivity contribution is 0.299. The van der Waals surface area contributed by atoms with Gasteiger partial charge in [0.1, 0.15) is 5.75 Å². The SMILES string of the molecule is CN=C(NCCCOc1ccc2ccccc2c1)NCCN1CCS(=O)(=O)CC1. The molecule has 1 saturated heterocycles. The third-order valence-electron chi connectivity index (χ3n) is 4.98. The normalized spacial score (nSPS) is 17.2. The number of ether oxygens (including phenoxy) is 1. The maximum absolute atomic E-state index is 11.5. The highest BCUT2D eigenvalue weighted by molar-refractivity contribution is 7.91. The first kappa shape index (κ1) is 21.4. The molecule has 0 bridgehead atoms. The molecule has 0 aromatic heterocycles. The van der Waals surface area contributed by atoms with Crippen molar-refractivity contribution in [2.45, 2.75) is 6.42 Å². The lowest BCUT2D eigenvalue weighted by atomic mass is 10.1. The number of hydrogen-bond acceptors (Lipinski definition) is 5. The minimum atomic E-state index is -2.82. The van der Waals surface area contributed by atoms with Gasteiger partial charge >= 0.3 is 0 Å². The fraction of sp³-hybridized carbons (Fsp3) is 0.476. The second kappa shape index (κ2) is 10.5. The number of nitrogens with one attached hydrogen (secondary N) is 2. The van der Waals surface area contributed by atoms with Crippen LogP contribution in [0.3, 0.4) is 0 Å². The second-order valence-corrected chi connectivity index (χ2v) is 9.43. The summed E-state index contributed by atoms with van der Waals surface area (Å²) in [6, 6.07) is 14.4. The average Bonchev–Trinajstić information content (AvgIpc) is 2.73. The first-order valence-electron chi connectivity index (χ1n) is 10.0. The Labute approximate surface area is 173 Å². The van der Waals surface area contributed by atoms with Gasteiger partial charge in [-0.05, 0) is 29.3 Å². The highest BCUT2D eigenvalue weighted by atomic mass is 32.2. The molecule has 2 N–H and O–H groups in total. The van der Waals surface area contributed by atoms with Crippen LogP contribution in [0.25, 0.3) is 10.8 Å². The lowest BCUT2D eigenvalue weighted by Gasteiger charge is -2.26. The minimum absolute atomic E-state index is 0.261. The third kappa shape index (κ3) is 6.90. The monoisotopic (exact) mass is 418 g/mol. The van der Waals surface area contributed by atoms with Crippen molar-refractivity contribution in [3.8, 4) is 5.75 Å². The molecule has 7 nitrogen and oxygen atoms in total. The van der Waals surface area contributed by atoms with Crippen molar-refractivity contribution in [3.05, 3.63) is 42.5 Å². The standard InChI is InChI=1S/C21H30N4O3S/c1-22-21(24-10-11-25-12-15-29(26,27)16-13-25)23-9-4-14-28-20-8-7-18-5-2-3-6-19(18)17-20/h2-3,5-8,17H,4,9-16H2,1H3,(H2,22,23,24). The molecule has 0 aliphatic carbocycles. The quantitative estimate of drug-likeness (QED) is 0.384. The molecule has 1 fully saturated rings. The Morgan fingerprint density at radius 2 is 1.79 bits per heavy atom.